The molecule has 23 heavy (non-hydrogen) atoms. The van der Waals surface area contributed by atoms with Gasteiger partial charge in [0.25, 0.3) is 0 Å². The summed E-state index contributed by atoms with van der Waals surface area (Å²) in [6.07, 6.45) is 3.79. The van der Waals surface area contributed by atoms with Gasteiger partial charge in [0.2, 0.25) is 5.91 Å². The highest BCUT2D eigenvalue weighted by Gasteiger charge is 2.44. The molecule has 128 valence electrons. The summed E-state index contributed by atoms with van der Waals surface area (Å²) in [4.78, 5) is 15.5. The number of likely N-dealkylation sites (tertiary alicyclic amines) is 1. The minimum Gasteiger partial charge on any atom is -0.494 e. The van der Waals surface area contributed by atoms with Crippen LogP contribution in [0, 0.1) is 11.8 Å². The fourth-order valence-corrected chi connectivity index (χ4v) is 3.25. The van der Waals surface area contributed by atoms with Gasteiger partial charge in [0, 0.05) is 32.7 Å². The summed E-state index contributed by atoms with van der Waals surface area (Å²) in [6.45, 7) is 6.21. The van der Waals surface area contributed by atoms with Crippen molar-refractivity contribution in [1.82, 2.24) is 4.90 Å². The third-order valence-corrected chi connectivity index (χ3v) is 4.89. The molecule has 2 aliphatic rings. The van der Waals surface area contributed by atoms with Gasteiger partial charge >= 0.3 is 0 Å². The summed E-state index contributed by atoms with van der Waals surface area (Å²) in [7, 11) is 1.78. The number of anilines is 1. The van der Waals surface area contributed by atoms with Crippen LogP contribution in [0.25, 0.3) is 0 Å². The van der Waals surface area contributed by atoms with Crippen LogP contribution in [-0.2, 0) is 4.79 Å². The maximum Gasteiger partial charge on any atom is 0.223 e. The molecule has 1 heterocycles. The number of nitrogens with zero attached hydrogens (tertiary/aromatic N) is 2. The molecule has 3 rings (SSSR count). The van der Waals surface area contributed by atoms with Gasteiger partial charge in [0.05, 0.1) is 6.61 Å². The van der Waals surface area contributed by atoms with Crippen LogP contribution in [0.2, 0.25) is 0 Å². The van der Waals surface area contributed by atoms with Gasteiger partial charge in [0.1, 0.15) is 5.75 Å². The molecule has 2 atom stereocenters. The van der Waals surface area contributed by atoms with E-state index in [9.17, 15) is 4.79 Å². The van der Waals surface area contributed by atoms with Gasteiger partial charge in [-0.05, 0) is 61.9 Å². The molecule has 0 spiro atoms. The van der Waals surface area contributed by atoms with E-state index in [1.54, 1.807) is 18.9 Å². The van der Waals surface area contributed by atoms with E-state index < -0.39 is 0 Å². The Balaban J connectivity index is 0.00000192. The van der Waals surface area contributed by atoms with Crippen molar-refractivity contribution in [3.63, 3.8) is 0 Å². The maximum absolute atomic E-state index is 11.3. The van der Waals surface area contributed by atoms with E-state index in [0.29, 0.717) is 0 Å². The number of unbranched alkanes of at least 4 members (excludes halogenated alkanes) is 1. The van der Waals surface area contributed by atoms with Crippen molar-refractivity contribution >= 4 is 24.0 Å². The molecule has 5 heteroatoms. The van der Waals surface area contributed by atoms with E-state index in [4.69, 9.17) is 4.74 Å². The van der Waals surface area contributed by atoms with Crippen LogP contribution in [0.15, 0.2) is 24.3 Å². The Labute approximate surface area is 145 Å². The van der Waals surface area contributed by atoms with Crippen molar-refractivity contribution in [1.29, 1.82) is 0 Å². The first-order valence-corrected chi connectivity index (χ1v) is 8.33. The fraction of sp³-hybridized carbons (Fsp3) is 0.611. The zero-order valence-corrected chi connectivity index (χ0v) is 14.8. The molecule has 4 nitrogen and oxygen atoms in total. The number of amides is 1. The summed E-state index contributed by atoms with van der Waals surface area (Å²) < 4.78 is 5.77. The molecule has 0 aromatic heterocycles. The quantitative estimate of drug-likeness (QED) is 0.716. The van der Waals surface area contributed by atoms with Crippen molar-refractivity contribution in [3.05, 3.63) is 24.3 Å². The lowest BCUT2D eigenvalue weighted by molar-refractivity contribution is -0.116. The molecule has 1 saturated carbocycles. The number of carbonyl (C=O) groups is 1. The topological polar surface area (TPSA) is 32.8 Å². The lowest BCUT2D eigenvalue weighted by Gasteiger charge is -2.17. The van der Waals surface area contributed by atoms with Crippen LogP contribution in [0.4, 0.5) is 5.69 Å². The van der Waals surface area contributed by atoms with Crippen LogP contribution in [-0.4, -0.2) is 44.1 Å². The second kappa shape index (κ2) is 8.02. The van der Waals surface area contributed by atoms with Crippen LogP contribution < -0.4 is 9.64 Å². The minimum atomic E-state index is 0. The Morgan fingerprint density at radius 1 is 1.22 bits per heavy atom. The van der Waals surface area contributed by atoms with Gasteiger partial charge in [-0.25, -0.2) is 0 Å². The molecule has 2 fully saturated rings. The summed E-state index contributed by atoms with van der Waals surface area (Å²) >= 11 is 0. The number of hydrogen-bond acceptors (Lipinski definition) is 3. The average molecular weight is 339 g/mol. The Morgan fingerprint density at radius 3 is 2.48 bits per heavy atom. The Kier molecular flexibility index (Phi) is 6.31. The van der Waals surface area contributed by atoms with Crippen LogP contribution >= 0.6 is 12.4 Å². The summed E-state index contributed by atoms with van der Waals surface area (Å²) in [5.74, 6) is 2.97. The van der Waals surface area contributed by atoms with Gasteiger partial charge in [-0.1, -0.05) is 0 Å². The van der Waals surface area contributed by atoms with Gasteiger partial charge in [0.15, 0.2) is 0 Å². The normalized spacial score (nSPS) is 22.2. The third-order valence-electron chi connectivity index (χ3n) is 4.89. The lowest BCUT2D eigenvalue weighted by Crippen LogP contribution is -2.24. The lowest BCUT2D eigenvalue weighted by atomic mass is 10.2. The van der Waals surface area contributed by atoms with E-state index in [-0.39, 0.29) is 18.3 Å². The molecule has 0 unspecified atom stereocenters. The molecule has 0 radical (unpaired) electrons. The van der Waals surface area contributed by atoms with Crippen molar-refractivity contribution in [3.8, 4) is 5.75 Å². The number of halogens is 1. The monoisotopic (exact) mass is 338 g/mol. The molecule has 1 amide bonds. The van der Waals surface area contributed by atoms with E-state index in [1.807, 2.05) is 24.3 Å². The molecule has 1 aliphatic heterocycles. The minimum absolute atomic E-state index is 0. The molecule has 0 N–H and O–H groups in total. The molecular formula is C18H27ClN2O2. The van der Waals surface area contributed by atoms with Crippen molar-refractivity contribution in [2.75, 3.05) is 38.2 Å². The van der Waals surface area contributed by atoms with E-state index in [1.165, 1.54) is 32.5 Å². The van der Waals surface area contributed by atoms with Crippen molar-refractivity contribution in [2.24, 2.45) is 11.8 Å². The number of carbonyl (C=O) groups excluding carboxylic acids is 1. The van der Waals surface area contributed by atoms with Crippen LogP contribution in [0.3, 0.4) is 0 Å². The van der Waals surface area contributed by atoms with E-state index in [2.05, 4.69) is 4.90 Å². The second-order valence-electron chi connectivity index (χ2n) is 6.64. The first-order chi connectivity index (χ1) is 10.6. The number of fused-ring (bicyclic) bond motifs is 1. The van der Waals surface area contributed by atoms with Crippen LogP contribution in [0.1, 0.15) is 26.2 Å². The number of ether oxygens (including phenoxy) is 1. The highest BCUT2D eigenvalue weighted by Crippen LogP contribution is 2.44. The first-order valence-electron chi connectivity index (χ1n) is 8.33. The second-order valence-corrected chi connectivity index (χ2v) is 6.64. The SMILES string of the molecule is CC(=O)N(C)c1ccc(OCCCCN2C[C@H]3C[C@H]3C2)cc1.Cl. The number of hydrogen-bond donors (Lipinski definition) is 0. The van der Waals surface area contributed by atoms with Crippen LogP contribution in [0.5, 0.6) is 5.75 Å². The molecule has 0 bridgehead atoms. The summed E-state index contributed by atoms with van der Waals surface area (Å²) in [6, 6.07) is 7.71. The molecule has 1 aromatic carbocycles. The molecule has 1 saturated heterocycles. The smallest absolute Gasteiger partial charge is 0.223 e. The summed E-state index contributed by atoms with van der Waals surface area (Å²) in [5, 5.41) is 0. The molecule has 1 aliphatic carbocycles. The predicted octanol–water partition coefficient (Wildman–Crippen LogP) is 3.20. The highest BCUT2D eigenvalue weighted by atomic mass is 35.5. The van der Waals surface area contributed by atoms with Gasteiger partial charge in [-0.15, -0.1) is 12.4 Å². The Bertz CT molecular complexity index is 510. The summed E-state index contributed by atoms with van der Waals surface area (Å²) in [5.41, 5.74) is 0.896. The number of piperidine rings is 1. The van der Waals surface area contributed by atoms with Crippen molar-refractivity contribution < 1.29 is 9.53 Å². The zero-order valence-electron chi connectivity index (χ0n) is 14.0. The van der Waals surface area contributed by atoms with Gasteiger partial charge in [-0.2, -0.15) is 0 Å². The number of rotatable bonds is 7. The van der Waals surface area contributed by atoms with E-state index in [0.717, 1.165) is 36.3 Å². The van der Waals surface area contributed by atoms with Gasteiger partial charge in [-0.3, -0.25) is 4.79 Å². The molecule has 1 aromatic rings. The predicted molar refractivity (Wildman–Crippen MR) is 95.5 cm³/mol. The Morgan fingerprint density at radius 2 is 1.87 bits per heavy atom. The van der Waals surface area contributed by atoms with Crippen molar-refractivity contribution in [2.45, 2.75) is 26.2 Å². The largest absolute Gasteiger partial charge is 0.494 e. The number of benzene rings is 1. The van der Waals surface area contributed by atoms with E-state index >= 15 is 0 Å². The Hall–Kier alpha value is -1.26. The third kappa shape index (κ3) is 4.85. The average Bonchev–Trinajstić information content (AvgIpc) is 3.13. The molecular weight excluding hydrogens is 312 g/mol. The highest BCUT2D eigenvalue weighted by molar-refractivity contribution is 5.90. The zero-order chi connectivity index (χ0) is 15.5. The first kappa shape index (κ1) is 18.1. The fourth-order valence-electron chi connectivity index (χ4n) is 3.25. The standard InChI is InChI=1S/C18H26N2O2.ClH/c1-14(21)19(2)17-5-7-18(8-6-17)22-10-4-3-9-20-12-15-11-16(15)13-20;/h5-8,15-16H,3-4,9-13H2,1-2H3;1H/t15-,16+;. The maximum atomic E-state index is 11.3. The van der Waals surface area contributed by atoms with Gasteiger partial charge < -0.3 is 14.5 Å².